The van der Waals surface area contributed by atoms with E-state index >= 15 is 0 Å². The van der Waals surface area contributed by atoms with Crippen LogP contribution in [0.4, 0.5) is 0 Å². The van der Waals surface area contributed by atoms with Crippen molar-refractivity contribution in [2.24, 2.45) is 0 Å². The van der Waals surface area contributed by atoms with Crippen molar-refractivity contribution in [3.8, 4) is 0 Å². The Morgan fingerprint density at radius 1 is 1.37 bits per heavy atom. The third kappa shape index (κ3) is 3.26. The van der Waals surface area contributed by atoms with Crippen molar-refractivity contribution in [1.29, 1.82) is 0 Å². The predicted molar refractivity (Wildman–Crippen MR) is 82.4 cm³/mol. The van der Waals surface area contributed by atoms with Gasteiger partial charge in [-0.25, -0.2) is 0 Å². The van der Waals surface area contributed by atoms with Crippen LogP contribution >= 0.6 is 23.7 Å². The van der Waals surface area contributed by atoms with Gasteiger partial charge in [0.25, 0.3) is 5.91 Å². The molecule has 1 aromatic carbocycles. The highest BCUT2D eigenvalue weighted by molar-refractivity contribution is 7.20. The number of halogens is 1. The minimum absolute atomic E-state index is 0. The Morgan fingerprint density at radius 3 is 2.95 bits per heavy atom. The largest absolute Gasteiger partial charge is 0.347 e. The number of hydrogen-bond donors (Lipinski definition) is 2. The smallest absolute Gasteiger partial charge is 0.261 e. The summed E-state index contributed by atoms with van der Waals surface area (Å²) in [6, 6.07) is 10.4. The molecule has 3 rings (SSSR count). The number of nitrogens with one attached hydrogen (secondary N) is 2. The number of rotatable bonds is 2. The monoisotopic (exact) mass is 296 g/mol. The highest BCUT2D eigenvalue weighted by Crippen LogP contribution is 2.25. The van der Waals surface area contributed by atoms with Gasteiger partial charge >= 0.3 is 0 Å². The minimum Gasteiger partial charge on any atom is -0.347 e. The molecule has 2 N–H and O–H groups in total. The van der Waals surface area contributed by atoms with Crippen molar-refractivity contribution < 1.29 is 4.79 Å². The molecule has 1 saturated heterocycles. The van der Waals surface area contributed by atoms with Gasteiger partial charge in [0.15, 0.2) is 0 Å². The summed E-state index contributed by atoms with van der Waals surface area (Å²) in [5.74, 6) is 0.0601. The van der Waals surface area contributed by atoms with Crippen molar-refractivity contribution >= 4 is 39.7 Å². The van der Waals surface area contributed by atoms with Gasteiger partial charge in [0.05, 0.1) is 4.88 Å². The number of fused-ring (bicyclic) bond motifs is 1. The van der Waals surface area contributed by atoms with Crippen molar-refractivity contribution in [1.82, 2.24) is 10.6 Å². The molecular formula is C14H17ClN2OS. The van der Waals surface area contributed by atoms with E-state index in [0.29, 0.717) is 0 Å². The quantitative estimate of drug-likeness (QED) is 0.895. The van der Waals surface area contributed by atoms with E-state index in [9.17, 15) is 4.79 Å². The molecular weight excluding hydrogens is 280 g/mol. The fraction of sp³-hybridized carbons (Fsp3) is 0.357. The van der Waals surface area contributed by atoms with E-state index in [1.165, 1.54) is 4.70 Å². The average Bonchev–Trinajstić information content (AvgIpc) is 2.84. The SMILES string of the molecule is Cl.O=C(NC1CCCNC1)c1cc2ccccc2s1. The van der Waals surface area contributed by atoms with Crippen LogP contribution in [-0.4, -0.2) is 25.0 Å². The van der Waals surface area contributed by atoms with Gasteiger partial charge in [-0.05, 0) is 36.9 Å². The molecule has 102 valence electrons. The van der Waals surface area contributed by atoms with Crippen LogP contribution in [0.1, 0.15) is 22.5 Å². The van der Waals surface area contributed by atoms with Crippen LogP contribution in [0.25, 0.3) is 10.1 Å². The van der Waals surface area contributed by atoms with Gasteiger partial charge in [0.1, 0.15) is 0 Å². The Morgan fingerprint density at radius 2 is 2.21 bits per heavy atom. The highest BCUT2D eigenvalue weighted by Gasteiger charge is 2.17. The molecule has 2 heterocycles. The van der Waals surface area contributed by atoms with Crippen LogP contribution in [0.2, 0.25) is 0 Å². The molecule has 1 fully saturated rings. The molecule has 0 bridgehead atoms. The van der Waals surface area contributed by atoms with E-state index in [-0.39, 0.29) is 24.4 Å². The molecule has 5 heteroatoms. The molecule has 1 unspecified atom stereocenters. The molecule has 1 amide bonds. The zero-order valence-corrected chi connectivity index (χ0v) is 12.2. The maximum Gasteiger partial charge on any atom is 0.261 e. The lowest BCUT2D eigenvalue weighted by molar-refractivity contribution is 0.0935. The van der Waals surface area contributed by atoms with Crippen LogP contribution < -0.4 is 10.6 Å². The van der Waals surface area contributed by atoms with Crippen molar-refractivity contribution in [2.45, 2.75) is 18.9 Å². The third-order valence-electron chi connectivity index (χ3n) is 3.28. The standard InChI is InChI=1S/C14H16N2OS.ClH/c17-14(16-11-5-3-7-15-9-11)13-8-10-4-1-2-6-12(10)18-13;/h1-2,4,6,8,11,15H,3,5,7,9H2,(H,16,17);1H. The first kappa shape index (κ1) is 14.3. The predicted octanol–water partition coefficient (Wildman–Crippen LogP) is 2.80. The topological polar surface area (TPSA) is 41.1 Å². The second kappa shape index (κ2) is 6.37. The molecule has 1 atom stereocenters. The lowest BCUT2D eigenvalue weighted by Crippen LogP contribution is -2.45. The van der Waals surface area contributed by atoms with Gasteiger partial charge in [0, 0.05) is 17.3 Å². The van der Waals surface area contributed by atoms with Gasteiger partial charge in [-0.3, -0.25) is 4.79 Å². The molecule has 0 spiro atoms. The third-order valence-corrected chi connectivity index (χ3v) is 4.40. The summed E-state index contributed by atoms with van der Waals surface area (Å²) in [5, 5.41) is 7.56. The molecule has 1 aliphatic rings. The first-order valence-corrected chi connectivity index (χ1v) is 7.15. The molecule has 2 aromatic rings. The summed E-state index contributed by atoms with van der Waals surface area (Å²) in [5.41, 5.74) is 0. The van der Waals surface area contributed by atoms with Crippen LogP contribution in [0.15, 0.2) is 30.3 Å². The summed E-state index contributed by atoms with van der Waals surface area (Å²) in [7, 11) is 0. The summed E-state index contributed by atoms with van der Waals surface area (Å²) in [6.07, 6.45) is 2.21. The minimum atomic E-state index is 0. The van der Waals surface area contributed by atoms with E-state index in [1.807, 2.05) is 24.3 Å². The Bertz CT molecular complexity index is 530. The first-order chi connectivity index (χ1) is 8.83. The number of thiophene rings is 1. The molecule has 0 aliphatic carbocycles. The summed E-state index contributed by atoms with van der Waals surface area (Å²) < 4.78 is 1.17. The fourth-order valence-corrected chi connectivity index (χ4v) is 3.29. The van der Waals surface area contributed by atoms with E-state index in [1.54, 1.807) is 11.3 Å². The molecule has 0 saturated carbocycles. The van der Waals surface area contributed by atoms with Crippen molar-refractivity contribution in [3.05, 3.63) is 35.2 Å². The van der Waals surface area contributed by atoms with E-state index in [0.717, 1.165) is 36.2 Å². The average molecular weight is 297 g/mol. The van der Waals surface area contributed by atoms with Crippen molar-refractivity contribution in [3.63, 3.8) is 0 Å². The number of piperidine rings is 1. The number of benzene rings is 1. The van der Waals surface area contributed by atoms with Crippen LogP contribution in [0.3, 0.4) is 0 Å². The maximum absolute atomic E-state index is 12.2. The van der Waals surface area contributed by atoms with E-state index < -0.39 is 0 Å². The van der Waals surface area contributed by atoms with Gasteiger partial charge < -0.3 is 10.6 Å². The number of carbonyl (C=O) groups is 1. The normalized spacial score (nSPS) is 18.8. The molecule has 3 nitrogen and oxygen atoms in total. The summed E-state index contributed by atoms with van der Waals surface area (Å²) >= 11 is 1.56. The number of amides is 1. The van der Waals surface area contributed by atoms with Crippen molar-refractivity contribution in [2.75, 3.05) is 13.1 Å². The van der Waals surface area contributed by atoms with Gasteiger partial charge in [-0.2, -0.15) is 0 Å². The Hall–Kier alpha value is -1.10. The molecule has 0 radical (unpaired) electrons. The first-order valence-electron chi connectivity index (χ1n) is 6.33. The number of carbonyl (C=O) groups excluding carboxylic acids is 1. The van der Waals surface area contributed by atoms with E-state index in [2.05, 4.69) is 16.7 Å². The fourth-order valence-electron chi connectivity index (χ4n) is 2.33. The molecule has 19 heavy (non-hydrogen) atoms. The lowest BCUT2D eigenvalue weighted by atomic mass is 10.1. The van der Waals surface area contributed by atoms with Gasteiger partial charge in [0.2, 0.25) is 0 Å². The van der Waals surface area contributed by atoms with Crippen LogP contribution in [0.5, 0.6) is 0 Å². The maximum atomic E-state index is 12.2. The second-order valence-electron chi connectivity index (χ2n) is 4.67. The number of hydrogen-bond acceptors (Lipinski definition) is 3. The van der Waals surface area contributed by atoms with Gasteiger partial charge in [-0.15, -0.1) is 23.7 Å². The molecule has 1 aromatic heterocycles. The van der Waals surface area contributed by atoms with Crippen LogP contribution in [-0.2, 0) is 0 Å². The lowest BCUT2D eigenvalue weighted by Gasteiger charge is -2.23. The summed E-state index contributed by atoms with van der Waals surface area (Å²) in [4.78, 5) is 13.0. The Labute approximate surface area is 122 Å². The van der Waals surface area contributed by atoms with Crippen LogP contribution in [0, 0.1) is 0 Å². The van der Waals surface area contributed by atoms with Gasteiger partial charge in [-0.1, -0.05) is 18.2 Å². The second-order valence-corrected chi connectivity index (χ2v) is 5.75. The van der Waals surface area contributed by atoms with E-state index in [4.69, 9.17) is 0 Å². The molecule has 1 aliphatic heterocycles. The zero-order chi connectivity index (χ0) is 12.4. The Kier molecular flexibility index (Phi) is 4.80. The highest BCUT2D eigenvalue weighted by atomic mass is 35.5. The zero-order valence-electron chi connectivity index (χ0n) is 10.5. The summed E-state index contributed by atoms with van der Waals surface area (Å²) in [6.45, 7) is 1.95. The Balaban J connectivity index is 0.00000133.